The molecule has 152 valence electrons. The van der Waals surface area contributed by atoms with Crippen LogP contribution in [0, 0.1) is 46.8 Å². The van der Waals surface area contributed by atoms with Crippen molar-refractivity contribution >= 4 is 5.71 Å². The van der Waals surface area contributed by atoms with Gasteiger partial charge in [-0.3, -0.25) is 0 Å². The molecule has 1 spiro atoms. The number of aliphatic hydroxyl groups is 2. The molecular formula is C23H31NO4. The zero-order chi connectivity index (χ0) is 19.3. The maximum atomic E-state index is 10.2. The van der Waals surface area contributed by atoms with E-state index in [4.69, 9.17) is 4.74 Å². The van der Waals surface area contributed by atoms with Crippen molar-refractivity contribution in [2.24, 2.45) is 52.0 Å². The Morgan fingerprint density at radius 2 is 2.07 bits per heavy atom. The van der Waals surface area contributed by atoms with Crippen LogP contribution >= 0.6 is 0 Å². The predicted molar refractivity (Wildman–Crippen MR) is 104 cm³/mol. The van der Waals surface area contributed by atoms with E-state index >= 15 is 0 Å². The van der Waals surface area contributed by atoms with E-state index in [1.54, 1.807) is 0 Å². The van der Waals surface area contributed by atoms with Crippen LogP contribution in [-0.2, 0) is 4.74 Å². The largest absolute Gasteiger partial charge is 0.411 e. The summed E-state index contributed by atoms with van der Waals surface area (Å²) in [5.41, 5.74) is 1.91. The van der Waals surface area contributed by atoms with Crippen LogP contribution in [0.1, 0.15) is 45.4 Å². The Balaban J connectivity index is 1.38. The fraction of sp³-hybridized carbons (Fsp3) is 0.783. The van der Waals surface area contributed by atoms with Gasteiger partial charge >= 0.3 is 0 Å². The van der Waals surface area contributed by atoms with Crippen LogP contribution < -0.4 is 0 Å². The summed E-state index contributed by atoms with van der Waals surface area (Å²) in [6, 6.07) is 0. The summed E-state index contributed by atoms with van der Waals surface area (Å²) < 4.78 is 6.24. The molecule has 0 saturated heterocycles. The van der Waals surface area contributed by atoms with Gasteiger partial charge in [0.15, 0.2) is 6.29 Å². The van der Waals surface area contributed by atoms with Crippen molar-refractivity contribution in [2.45, 2.75) is 57.3 Å². The lowest BCUT2D eigenvalue weighted by atomic mass is 9.48. The number of rotatable bonds is 1. The van der Waals surface area contributed by atoms with Gasteiger partial charge in [-0.15, -0.1) is 0 Å². The summed E-state index contributed by atoms with van der Waals surface area (Å²) in [4.78, 5) is 0. The Kier molecular flexibility index (Phi) is 3.60. The van der Waals surface area contributed by atoms with E-state index in [1.807, 2.05) is 6.08 Å². The minimum absolute atomic E-state index is 0.0866. The molecule has 5 aliphatic carbocycles. The number of fused-ring (bicyclic) bond motifs is 9. The molecule has 4 saturated carbocycles. The highest BCUT2D eigenvalue weighted by atomic mass is 16.6. The summed E-state index contributed by atoms with van der Waals surface area (Å²) in [5, 5.41) is 33.0. The van der Waals surface area contributed by atoms with E-state index in [0.29, 0.717) is 35.5 Å². The fourth-order valence-corrected chi connectivity index (χ4v) is 8.67. The van der Waals surface area contributed by atoms with E-state index in [2.05, 4.69) is 24.2 Å². The van der Waals surface area contributed by atoms with Crippen LogP contribution in [0.25, 0.3) is 0 Å². The summed E-state index contributed by atoms with van der Waals surface area (Å²) in [6.07, 6.45) is 11.9. The minimum atomic E-state index is -0.754. The number of oxime groups is 1. The first-order valence-corrected chi connectivity index (χ1v) is 11.1. The molecule has 0 radical (unpaired) electrons. The number of allylic oxidation sites excluding steroid dienone is 1. The van der Waals surface area contributed by atoms with Gasteiger partial charge < -0.3 is 20.2 Å². The Morgan fingerprint density at radius 1 is 1.21 bits per heavy atom. The molecule has 0 amide bonds. The normalized spacial score (nSPS) is 57.5. The van der Waals surface area contributed by atoms with E-state index in [9.17, 15) is 15.4 Å². The van der Waals surface area contributed by atoms with E-state index in [1.165, 1.54) is 18.4 Å². The zero-order valence-electron chi connectivity index (χ0n) is 16.5. The molecule has 0 aromatic heterocycles. The second-order valence-electron chi connectivity index (χ2n) is 10.5. The molecule has 0 aromatic rings. The molecule has 3 N–H and O–H groups in total. The molecule has 0 bridgehead atoms. The van der Waals surface area contributed by atoms with Gasteiger partial charge in [0.05, 0.1) is 11.3 Å². The summed E-state index contributed by atoms with van der Waals surface area (Å²) >= 11 is 0. The SMILES string of the molecule is C[C@]12CCC3C(C[C@@H](CO)C4=C/C(=N/O)CC[C@@H]43)C1[C@@H]1C[C@@H]1[C@@]21C=CC(O)O1. The highest BCUT2D eigenvalue weighted by molar-refractivity contribution is 5.96. The van der Waals surface area contributed by atoms with Gasteiger partial charge in [0.2, 0.25) is 0 Å². The maximum absolute atomic E-state index is 10.2. The average molecular weight is 386 g/mol. The van der Waals surface area contributed by atoms with Crippen molar-refractivity contribution in [3.63, 3.8) is 0 Å². The molecule has 1 aliphatic heterocycles. The highest BCUT2D eigenvalue weighted by Gasteiger charge is 2.77. The molecular weight excluding hydrogens is 354 g/mol. The van der Waals surface area contributed by atoms with E-state index in [-0.39, 0.29) is 23.5 Å². The quantitative estimate of drug-likeness (QED) is 0.368. The Bertz CT molecular complexity index is 789. The molecule has 0 aromatic carbocycles. The van der Waals surface area contributed by atoms with Crippen LogP contribution in [0.4, 0.5) is 0 Å². The number of aliphatic hydroxyl groups excluding tert-OH is 2. The van der Waals surface area contributed by atoms with Crippen LogP contribution in [0.5, 0.6) is 0 Å². The third-order valence-electron chi connectivity index (χ3n) is 9.68. The first-order chi connectivity index (χ1) is 13.5. The van der Waals surface area contributed by atoms with Crippen molar-refractivity contribution in [2.75, 3.05) is 6.61 Å². The number of ether oxygens (including phenoxy) is 1. The second kappa shape index (κ2) is 5.71. The lowest BCUT2D eigenvalue weighted by molar-refractivity contribution is -0.196. The lowest BCUT2D eigenvalue weighted by Gasteiger charge is -2.58. The molecule has 28 heavy (non-hydrogen) atoms. The molecule has 4 unspecified atom stereocenters. The van der Waals surface area contributed by atoms with Crippen molar-refractivity contribution in [1.29, 1.82) is 0 Å². The molecule has 6 rings (SSSR count). The summed E-state index contributed by atoms with van der Waals surface area (Å²) in [6.45, 7) is 2.60. The monoisotopic (exact) mass is 385 g/mol. The van der Waals surface area contributed by atoms with Gasteiger partial charge in [-0.25, -0.2) is 0 Å². The Labute approximate surface area is 166 Å². The van der Waals surface area contributed by atoms with Crippen molar-refractivity contribution in [1.82, 2.24) is 0 Å². The van der Waals surface area contributed by atoms with Crippen molar-refractivity contribution < 1.29 is 20.2 Å². The van der Waals surface area contributed by atoms with Crippen LogP contribution in [0.15, 0.2) is 29.0 Å². The number of hydrogen-bond donors (Lipinski definition) is 3. The maximum Gasteiger partial charge on any atom is 0.175 e. The van der Waals surface area contributed by atoms with Gasteiger partial charge in [-0.1, -0.05) is 23.7 Å². The molecule has 5 nitrogen and oxygen atoms in total. The average Bonchev–Trinajstić information content (AvgIpc) is 3.34. The van der Waals surface area contributed by atoms with Crippen molar-refractivity contribution in [3.05, 3.63) is 23.8 Å². The van der Waals surface area contributed by atoms with Crippen molar-refractivity contribution in [3.8, 4) is 0 Å². The molecule has 10 atom stereocenters. The van der Waals surface area contributed by atoms with Gasteiger partial charge in [0.25, 0.3) is 0 Å². The number of hydrogen-bond acceptors (Lipinski definition) is 5. The smallest absolute Gasteiger partial charge is 0.175 e. The van der Waals surface area contributed by atoms with Gasteiger partial charge in [0.1, 0.15) is 0 Å². The highest BCUT2D eigenvalue weighted by Crippen LogP contribution is 2.78. The zero-order valence-corrected chi connectivity index (χ0v) is 16.5. The van der Waals surface area contributed by atoms with E-state index < -0.39 is 6.29 Å². The standard InChI is InChI=1S/C23H31NO4/c1-22-6-4-15-14-3-2-13(24-27)9-16(14)12(11-25)8-17(15)21(22)18-10-19(18)23(22)7-5-20(26)28-23/h5,7,9,12,14-15,17-21,25-27H,2-4,6,8,10-11H2,1H3/b24-13+/t12-,14+,15?,17?,18+,19-,20?,21?,22-,23-/m0/s1. The first kappa shape index (κ1) is 17.7. The molecule has 1 heterocycles. The molecule has 4 fully saturated rings. The minimum Gasteiger partial charge on any atom is -0.411 e. The predicted octanol–water partition coefficient (Wildman–Crippen LogP) is 3.11. The first-order valence-electron chi connectivity index (χ1n) is 11.1. The van der Waals surface area contributed by atoms with Crippen LogP contribution in [-0.4, -0.2) is 39.6 Å². The topological polar surface area (TPSA) is 82.3 Å². The summed E-state index contributed by atoms with van der Waals surface area (Å²) in [5.74, 6) is 3.87. The third-order valence-corrected chi connectivity index (χ3v) is 9.68. The van der Waals surface area contributed by atoms with Gasteiger partial charge in [-0.2, -0.15) is 0 Å². The van der Waals surface area contributed by atoms with Gasteiger partial charge in [0, 0.05) is 17.9 Å². The van der Waals surface area contributed by atoms with Gasteiger partial charge in [-0.05, 0) is 86.2 Å². The Morgan fingerprint density at radius 3 is 2.79 bits per heavy atom. The second-order valence-corrected chi connectivity index (χ2v) is 10.5. The summed E-state index contributed by atoms with van der Waals surface area (Å²) in [7, 11) is 0. The third kappa shape index (κ3) is 2.01. The molecule has 5 heteroatoms. The number of nitrogens with zero attached hydrogens (tertiary/aromatic N) is 1. The lowest BCUT2D eigenvalue weighted by Crippen LogP contribution is -2.56. The van der Waals surface area contributed by atoms with Crippen LogP contribution in [0.2, 0.25) is 0 Å². The van der Waals surface area contributed by atoms with E-state index in [0.717, 1.165) is 31.4 Å². The fourth-order valence-electron chi connectivity index (χ4n) is 8.67. The molecule has 6 aliphatic rings. The van der Waals surface area contributed by atoms with Crippen LogP contribution in [0.3, 0.4) is 0 Å². The Hall–Kier alpha value is -1.17.